The van der Waals surface area contributed by atoms with Crippen LogP contribution in [0.2, 0.25) is 0 Å². The van der Waals surface area contributed by atoms with E-state index in [4.69, 9.17) is 5.11 Å². The zero-order valence-electron chi connectivity index (χ0n) is 18.1. The molecule has 2 heterocycles. The van der Waals surface area contributed by atoms with E-state index in [2.05, 4.69) is 34.5 Å². The van der Waals surface area contributed by atoms with Crippen LogP contribution in [0.4, 0.5) is 10.1 Å². The number of amides is 1. The molecule has 0 bridgehead atoms. The summed E-state index contributed by atoms with van der Waals surface area (Å²) in [4.78, 5) is 26.3. The Bertz CT molecular complexity index is 1190. The van der Waals surface area contributed by atoms with E-state index < -0.39 is 12.5 Å². The van der Waals surface area contributed by atoms with Crippen molar-refractivity contribution in [3.05, 3.63) is 88.8 Å². The van der Waals surface area contributed by atoms with Gasteiger partial charge in [0, 0.05) is 29.6 Å². The lowest BCUT2D eigenvalue weighted by Gasteiger charge is -2.51. The first-order valence-corrected chi connectivity index (χ1v) is 11.5. The fourth-order valence-corrected chi connectivity index (χ4v) is 6.40. The van der Waals surface area contributed by atoms with Gasteiger partial charge in [-0.3, -0.25) is 9.59 Å². The summed E-state index contributed by atoms with van der Waals surface area (Å²) in [6.45, 7) is 0.523. The lowest BCUT2D eigenvalue weighted by atomic mass is 9.70. The number of nitrogens with one attached hydrogen (secondary N) is 1. The van der Waals surface area contributed by atoms with Gasteiger partial charge < -0.3 is 15.3 Å². The Morgan fingerprint density at radius 1 is 1.03 bits per heavy atom. The van der Waals surface area contributed by atoms with E-state index in [1.54, 1.807) is 12.1 Å². The molecule has 0 radical (unpaired) electrons. The highest BCUT2D eigenvalue weighted by molar-refractivity contribution is 5.97. The van der Waals surface area contributed by atoms with Crippen molar-refractivity contribution in [3.8, 4) is 0 Å². The molecule has 2 aliphatic heterocycles. The van der Waals surface area contributed by atoms with Gasteiger partial charge in [-0.2, -0.15) is 0 Å². The highest BCUT2D eigenvalue weighted by Crippen LogP contribution is 2.58. The number of benzene rings is 2. The smallest absolute Gasteiger partial charge is 0.322 e. The highest BCUT2D eigenvalue weighted by Gasteiger charge is 2.48. The number of rotatable bonds is 4. The van der Waals surface area contributed by atoms with Crippen molar-refractivity contribution in [2.75, 3.05) is 18.0 Å². The molecule has 1 amide bonds. The lowest BCUT2D eigenvalue weighted by molar-refractivity contribution is -0.135. The average molecular weight is 445 g/mol. The second kappa shape index (κ2) is 7.58. The average Bonchev–Trinajstić information content (AvgIpc) is 3.48. The SMILES string of the molecule is O=C(O)CNC(=O)c1cc2c3c(c1)C1C=CCC1C(c1ccc(F)cc1)N3CC1CC=CC21. The Kier molecular flexibility index (Phi) is 4.64. The molecule has 2 aliphatic carbocycles. The molecule has 0 saturated carbocycles. The maximum atomic E-state index is 13.7. The van der Waals surface area contributed by atoms with Gasteiger partial charge in [0.1, 0.15) is 12.4 Å². The van der Waals surface area contributed by atoms with E-state index >= 15 is 0 Å². The van der Waals surface area contributed by atoms with Crippen LogP contribution in [-0.2, 0) is 4.79 Å². The molecule has 6 rings (SSSR count). The van der Waals surface area contributed by atoms with Crippen molar-refractivity contribution in [3.63, 3.8) is 0 Å². The van der Waals surface area contributed by atoms with Crippen LogP contribution in [-0.4, -0.2) is 30.1 Å². The number of fused-ring (bicyclic) bond motifs is 4. The zero-order valence-corrected chi connectivity index (χ0v) is 18.1. The van der Waals surface area contributed by atoms with Gasteiger partial charge in [0.25, 0.3) is 5.91 Å². The van der Waals surface area contributed by atoms with Crippen molar-refractivity contribution >= 4 is 17.6 Å². The molecule has 0 aromatic heterocycles. The van der Waals surface area contributed by atoms with E-state index in [1.165, 1.54) is 5.69 Å². The third-order valence-electron chi connectivity index (χ3n) is 7.72. The molecule has 2 aromatic rings. The van der Waals surface area contributed by atoms with E-state index in [0.717, 1.165) is 36.1 Å². The molecule has 168 valence electrons. The number of nitrogens with zero attached hydrogens (tertiary/aromatic N) is 1. The number of carbonyl (C=O) groups excluding carboxylic acids is 1. The molecule has 2 aromatic carbocycles. The van der Waals surface area contributed by atoms with Gasteiger partial charge >= 0.3 is 5.97 Å². The third-order valence-corrected chi connectivity index (χ3v) is 7.72. The van der Waals surface area contributed by atoms with Crippen LogP contribution in [0.1, 0.15) is 57.8 Å². The molecular formula is C27H25FN2O3. The number of carboxylic acid groups (broad SMARTS) is 1. The zero-order chi connectivity index (χ0) is 22.7. The molecule has 0 spiro atoms. The number of carbonyl (C=O) groups is 2. The van der Waals surface area contributed by atoms with Gasteiger partial charge in [0.15, 0.2) is 0 Å². The van der Waals surface area contributed by atoms with E-state index in [1.807, 2.05) is 24.3 Å². The summed E-state index contributed by atoms with van der Waals surface area (Å²) in [5.74, 6) is -0.500. The summed E-state index contributed by atoms with van der Waals surface area (Å²) in [6, 6.07) is 11.0. The number of hydrogen-bond acceptors (Lipinski definition) is 3. The van der Waals surface area contributed by atoms with Crippen LogP contribution in [0.25, 0.3) is 0 Å². The first-order valence-electron chi connectivity index (χ1n) is 11.5. The van der Waals surface area contributed by atoms with Crippen LogP contribution < -0.4 is 10.2 Å². The van der Waals surface area contributed by atoms with E-state index in [0.29, 0.717) is 17.4 Å². The molecule has 5 nitrogen and oxygen atoms in total. The maximum Gasteiger partial charge on any atom is 0.322 e. The first kappa shape index (κ1) is 20.2. The van der Waals surface area contributed by atoms with Crippen LogP contribution in [0.5, 0.6) is 0 Å². The summed E-state index contributed by atoms with van der Waals surface area (Å²) in [7, 11) is 0. The van der Waals surface area contributed by atoms with Gasteiger partial charge in [-0.15, -0.1) is 0 Å². The number of carboxylic acids is 1. The van der Waals surface area contributed by atoms with Gasteiger partial charge in [-0.1, -0.05) is 36.4 Å². The first-order chi connectivity index (χ1) is 16.0. The summed E-state index contributed by atoms with van der Waals surface area (Å²) >= 11 is 0. The van der Waals surface area contributed by atoms with Crippen molar-refractivity contribution in [2.24, 2.45) is 11.8 Å². The van der Waals surface area contributed by atoms with Gasteiger partial charge in [0.05, 0.1) is 6.04 Å². The predicted molar refractivity (Wildman–Crippen MR) is 123 cm³/mol. The Labute approximate surface area is 191 Å². The summed E-state index contributed by atoms with van der Waals surface area (Å²) < 4.78 is 13.7. The van der Waals surface area contributed by atoms with Crippen molar-refractivity contribution < 1.29 is 19.1 Å². The van der Waals surface area contributed by atoms with Gasteiger partial charge in [0.2, 0.25) is 0 Å². The monoisotopic (exact) mass is 444 g/mol. The second-order valence-corrected chi connectivity index (χ2v) is 9.53. The molecule has 6 heteroatoms. The molecule has 5 atom stereocenters. The highest BCUT2D eigenvalue weighted by atomic mass is 19.1. The van der Waals surface area contributed by atoms with Crippen molar-refractivity contribution in [1.82, 2.24) is 5.32 Å². The number of anilines is 1. The minimum absolute atomic E-state index is 0.144. The fraction of sp³-hybridized carbons (Fsp3) is 0.333. The molecule has 4 aliphatic rings. The molecule has 0 saturated heterocycles. The molecule has 33 heavy (non-hydrogen) atoms. The molecule has 2 N–H and O–H groups in total. The molecule has 5 unspecified atom stereocenters. The summed E-state index contributed by atoms with van der Waals surface area (Å²) in [5.41, 5.74) is 5.12. The van der Waals surface area contributed by atoms with Crippen LogP contribution in [0, 0.1) is 17.7 Å². The quantitative estimate of drug-likeness (QED) is 0.680. The standard InChI is InChI=1S/C27H25FN2O3/c28-18-9-7-15(8-10-18)25-21-6-2-5-20(21)23-12-17(27(33)29-13-24(31)32)11-22-19-4-1-3-16(19)14-30(25)26(22)23/h1-2,4-5,7-12,16,19-21,25H,3,6,13-14H2,(H,29,33)(H,31,32). The third kappa shape index (κ3) is 3.19. The predicted octanol–water partition coefficient (Wildman–Crippen LogP) is 4.53. The van der Waals surface area contributed by atoms with Crippen LogP contribution in [0.15, 0.2) is 60.7 Å². The second-order valence-electron chi connectivity index (χ2n) is 9.53. The fourth-order valence-electron chi connectivity index (χ4n) is 6.40. The largest absolute Gasteiger partial charge is 0.480 e. The van der Waals surface area contributed by atoms with Crippen LogP contribution >= 0.6 is 0 Å². The summed E-state index contributed by atoms with van der Waals surface area (Å²) in [6.07, 6.45) is 10.9. The molecule has 0 fully saturated rings. The van der Waals surface area contributed by atoms with E-state index in [9.17, 15) is 14.0 Å². The van der Waals surface area contributed by atoms with Crippen LogP contribution in [0.3, 0.4) is 0 Å². The van der Waals surface area contributed by atoms with E-state index in [-0.39, 0.29) is 29.6 Å². The van der Waals surface area contributed by atoms with Gasteiger partial charge in [-0.25, -0.2) is 4.39 Å². The van der Waals surface area contributed by atoms with Crippen molar-refractivity contribution in [1.29, 1.82) is 0 Å². The Morgan fingerprint density at radius 3 is 2.48 bits per heavy atom. The maximum absolute atomic E-state index is 13.7. The minimum Gasteiger partial charge on any atom is -0.480 e. The van der Waals surface area contributed by atoms with Crippen molar-refractivity contribution in [2.45, 2.75) is 30.7 Å². The minimum atomic E-state index is -1.06. The Balaban J connectivity index is 1.51. The topological polar surface area (TPSA) is 69.6 Å². The lowest BCUT2D eigenvalue weighted by Crippen LogP contribution is -2.46. The Morgan fingerprint density at radius 2 is 1.73 bits per heavy atom. The number of allylic oxidation sites excluding steroid dienone is 4. The number of hydrogen-bond donors (Lipinski definition) is 2. The Hall–Kier alpha value is -3.41. The molecular weight excluding hydrogens is 419 g/mol. The normalized spacial score (nSPS) is 28.3. The summed E-state index contributed by atoms with van der Waals surface area (Å²) in [5, 5.41) is 11.5. The van der Waals surface area contributed by atoms with Gasteiger partial charge in [-0.05, 0) is 65.6 Å². The number of halogens is 1. The number of aliphatic carboxylic acids is 1.